The van der Waals surface area contributed by atoms with Crippen LogP contribution < -0.4 is 0 Å². The standard InChI is InChI=1S/C9H9F3O2S/c1-6-2-3-8(10)7(9(6)11)4-5-15(12,13)14/h2-3H,4-5H2,1H3. The smallest absolute Gasteiger partial charge is 0.207 e. The van der Waals surface area contributed by atoms with Gasteiger partial charge in [-0.3, -0.25) is 0 Å². The molecular formula is C9H9F3O2S. The maximum Gasteiger partial charge on any atom is 0.302 e. The van der Waals surface area contributed by atoms with Gasteiger partial charge in [0.2, 0.25) is 0 Å². The van der Waals surface area contributed by atoms with Gasteiger partial charge in [0, 0.05) is 5.56 Å². The highest BCUT2D eigenvalue weighted by Gasteiger charge is 2.15. The molecule has 84 valence electrons. The molecule has 0 aliphatic carbocycles. The summed E-state index contributed by atoms with van der Waals surface area (Å²) in [4.78, 5) is 0. The molecule has 1 aromatic rings. The van der Waals surface area contributed by atoms with E-state index >= 15 is 0 Å². The summed E-state index contributed by atoms with van der Waals surface area (Å²) in [6.07, 6.45) is -0.502. The molecule has 0 aliphatic heterocycles. The minimum absolute atomic E-state index is 0.197. The third-order valence-electron chi connectivity index (χ3n) is 1.97. The number of aryl methyl sites for hydroxylation is 1. The monoisotopic (exact) mass is 238 g/mol. The zero-order valence-electron chi connectivity index (χ0n) is 7.93. The highest BCUT2D eigenvalue weighted by Crippen LogP contribution is 2.17. The lowest BCUT2D eigenvalue weighted by Crippen LogP contribution is -2.06. The van der Waals surface area contributed by atoms with Crippen molar-refractivity contribution in [3.8, 4) is 0 Å². The number of halogens is 3. The van der Waals surface area contributed by atoms with E-state index in [0.29, 0.717) is 0 Å². The number of rotatable bonds is 3. The third kappa shape index (κ3) is 3.23. The Morgan fingerprint density at radius 3 is 2.40 bits per heavy atom. The molecule has 0 saturated carbocycles. The first-order chi connectivity index (χ1) is 6.81. The van der Waals surface area contributed by atoms with Gasteiger partial charge in [-0.2, -0.15) is 8.42 Å². The Labute approximate surface area is 85.9 Å². The van der Waals surface area contributed by atoms with Crippen molar-refractivity contribution in [1.82, 2.24) is 0 Å². The third-order valence-corrected chi connectivity index (χ3v) is 2.67. The molecule has 0 bridgehead atoms. The molecule has 6 heteroatoms. The van der Waals surface area contributed by atoms with Crippen molar-refractivity contribution < 1.29 is 21.1 Å². The van der Waals surface area contributed by atoms with Crippen LogP contribution in [0, 0.1) is 18.6 Å². The van der Waals surface area contributed by atoms with Gasteiger partial charge >= 0.3 is 10.2 Å². The summed E-state index contributed by atoms with van der Waals surface area (Å²) in [6.45, 7) is 1.42. The van der Waals surface area contributed by atoms with Gasteiger partial charge in [0.1, 0.15) is 11.6 Å². The summed E-state index contributed by atoms with van der Waals surface area (Å²) in [5.41, 5.74) is -0.195. The Hall–Kier alpha value is -1.04. The summed E-state index contributed by atoms with van der Waals surface area (Å²) in [5.74, 6) is -2.59. The number of hydrogen-bond donors (Lipinski definition) is 0. The van der Waals surface area contributed by atoms with Crippen LogP contribution in [0.5, 0.6) is 0 Å². The molecule has 0 amide bonds. The summed E-state index contributed by atoms with van der Waals surface area (Å²) in [5, 5.41) is 0. The Morgan fingerprint density at radius 2 is 1.87 bits per heavy atom. The summed E-state index contributed by atoms with van der Waals surface area (Å²) in [6, 6.07) is 2.26. The minimum Gasteiger partial charge on any atom is -0.207 e. The molecule has 0 unspecified atom stereocenters. The van der Waals surface area contributed by atoms with E-state index in [4.69, 9.17) is 0 Å². The Morgan fingerprint density at radius 1 is 1.27 bits per heavy atom. The van der Waals surface area contributed by atoms with Gasteiger partial charge in [-0.15, -0.1) is 3.89 Å². The fraction of sp³-hybridized carbons (Fsp3) is 0.333. The molecule has 0 atom stereocenters. The van der Waals surface area contributed by atoms with Crippen LogP contribution in [0.4, 0.5) is 12.7 Å². The molecule has 2 nitrogen and oxygen atoms in total. The molecule has 0 saturated heterocycles. The van der Waals surface area contributed by atoms with Gasteiger partial charge in [0.05, 0.1) is 5.75 Å². The Balaban J connectivity index is 2.99. The van der Waals surface area contributed by atoms with Crippen LogP contribution in [0.1, 0.15) is 11.1 Å². The van der Waals surface area contributed by atoms with Crippen molar-refractivity contribution in [2.45, 2.75) is 13.3 Å². The van der Waals surface area contributed by atoms with E-state index in [1.165, 1.54) is 13.0 Å². The molecule has 1 rings (SSSR count). The van der Waals surface area contributed by atoms with Crippen molar-refractivity contribution >= 4 is 10.2 Å². The summed E-state index contributed by atoms with van der Waals surface area (Å²) < 4.78 is 58.9. The van der Waals surface area contributed by atoms with Gasteiger partial charge in [-0.1, -0.05) is 6.07 Å². The van der Waals surface area contributed by atoms with Crippen molar-refractivity contribution in [2.24, 2.45) is 0 Å². The van der Waals surface area contributed by atoms with Gasteiger partial charge in [-0.25, -0.2) is 8.78 Å². The van der Waals surface area contributed by atoms with E-state index in [-0.39, 0.29) is 5.56 Å². The van der Waals surface area contributed by atoms with Crippen LogP contribution in [0.15, 0.2) is 12.1 Å². The fourth-order valence-corrected chi connectivity index (χ4v) is 1.62. The lowest BCUT2D eigenvalue weighted by molar-refractivity contribution is 0.540. The molecule has 0 fully saturated rings. The SMILES string of the molecule is Cc1ccc(F)c(CCS(=O)(=O)F)c1F. The first-order valence-electron chi connectivity index (χ1n) is 4.17. The fourth-order valence-electron chi connectivity index (χ4n) is 1.17. The lowest BCUT2D eigenvalue weighted by atomic mass is 10.1. The van der Waals surface area contributed by atoms with Crippen LogP contribution in [-0.4, -0.2) is 14.2 Å². The van der Waals surface area contributed by atoms with Crippen LogP contribution in [0.3, 0.4) is 0 Å². The Kier molecular flexibility index (Phi) is 3.38. The van der Waals surface area contributed by atoms with E-state index in [0.717, 1.165) is 6.07 Å². The molecule has 0 aromatic heterocycles. The minimum atomic E-state index is -4.70. The van der Waals surface area contributed by atoms with Crippen LogP contribution >= 0.6 is 0 Å². The van der Waals surface area contributed by atoms with E-state index in [1.807, 2.05) is 0 Å². The van der Waals surface area contributed by atoms with E-state index in [1.54, 1.807) is 0 Å². The molecule has 0 spiro atoms. The molecule has 15 heavy (non-hydrogen) atoms. The molecule has 1 aromatic carbocycles. The lowest BCUT2D eigenvalue weighted by Gasteiger charge is -2.05. The van der Waals surface area contributed by atoms with Crippen molar-refractivity contribution in [2.75, 3.05) is 5.75 Å². The van der Waals surface area contributed by atoms with Crippen molar-refractivity contribution in [1.29, 1.82) is 0 Å². The second-order valence-electron chi connectivity index (χ2n) is 3.15. The predicted molar refractivity (Wildman–Crippen MR) is 49.7 cm³/mol. The summed E-state index contributed by atoms with van der Waals surface area (Å²) in [7, 11) is -4.70. The van der Waals surface area contributed by atoms with Crippen molar-refractivity contribution in [3.05, 3.63) is 34.9 Å². The normalized spacial score (nSPS) is 11.7. The average molecular weight is 238 g/mol. The largest absolute Gasteiger partial charge is 0.302 e. The van der Waals surface area contributed by atoms with E-state index < -0.39 is 39.6 Å². The second kappa shape index (κ2) is 4.22. The van der Waals surface area contributed by atoms with Gasteiger partial charge in [0.25, 0.3) is 0 Å². The second-order valence-corrected chi connectivity index (χ2v) is 4.64. The van der Waals surface area contributed by atoms with Crippen LogP contribution in [-0.2, 0) is 16.6 Å². The predicted octanol–water partition coefficient (Wildman–Crippen LogP) is 2.12. The van der Waals surface area contributed by atoms with Crippen LogP contribution in [0.25, 0.3) is 0 Å². The average Bonchev–Trinajstić information content (AvgIpc) is 2.10. The maximum absolute atomic E-state index is 13.3. The molecule has 0 radical (unpaired) electrons. The maximum atomic E-state index is 13.3. The quantitative estimate of drug-likeness (QED) is 0.756. The van der Waals surface area contributed by atoms with Gasteiger partial charge < -0.3 is 0 Å². The first kappa shape index (κ1) is 12.0. The highest BCUT2D eigenvalue weighted by molar-refractivity contribution is 7.86. The zero-order valence-corrected chi connectivity index (χ0v) is 8.74. The molecular weight excluding hydrogens is 229 g/mol. The molecule has 0 aliphatic rings. The van der Waals surface area contributed by atoms with E-state index in [2.05, 4.69) is 0 Å². The van der Waals surface area contributed by atoms with Crippen molar-refractivity contribution in [3.63, 3.8) is 0 Å². The first-order valence-corrected chi connectivity index (χ1v) is 5.72. The number of hydrogen-bond acceptors (Lipinski definition) is 2. The topological polar surface area (TPSA) is 34.1 Å². The number of benzene rings is 1. The highest BCUT2D eigenvalue weighted by atomic mass is 32.3. The van der Waals surface area contributed by atoms with Gasteiger partial charge in [-0.05, 0) is 25.0 Å². The molecule has 0 N–H and O–H groups in total. The van der Waals surface area contributed by atoms with E-state index in [9.17, 15) is 21.1 Å². The Bertz CT molecular complexity index is 468. The zero-order chi connectivity index (χ0) is 11.6. The molecule has 0 heterocycles. The van der Waals surface area contributed by atoms with Gasteiger partial charge in [0.15, 0.2) is 0 Å². The summed E-state index contributed by atoms with van der Waals surface area (Å²) >= 11 is 0. The van der Waals surface area contributed by atoms with Crippen LogP contribution in [0.2, 0.25) is 0 Å².